The molecule has 0 radical (unpaired) electrons. The van der Waals surface area contributed by atoms with Gasteiger partial charge in [-0.1, -0.05) is 19.9 Å². The summed E-state index contributed by atoms with van der Waals surface area (Å²) in [4.78, 5) is 30.2. The molecule has 1 aromatic heterocycles. The van der Waals surface area contributed by atoms with Crippen molar-refractivity contribution in [2.45, 2.75) is 43.3 Å². The number of methoxy groups -OCH3 is 1. The number of benzene rings is 2. The molecule has 8 heteroatoms. The Hall–Kier alpha value is -2.84. The highest BCUT2D eigenvalue weighted by Crippen LogP contribution is 2.30. The molecule has 3 aromatic rings. The number of carbonyl (C=O) groups is 2. The molecule has 0 fully saturated rings. The van der Waals surface area contributed by atoms with Crippen LogP contribution < -0.4 is 15.4 Å². The van der Waals surface area contributed by atoms with E-state index in [-0.39, 0.29) is 17.1 Å². The lowest BCUT2D eigenvalue weighted by Crippen LogP contribution is -2.24. The molecule has 0 bridgehead atoms. The summed E-state index contributed by atoms with van der Waals surface area (Å²) >= 11 is 2.88. The lowest BCUT2D eigenvalue weighted by atomic mass is 10.2. The first-order chi connectivity index (χ1) is 15.5. The van der Waals surface area contributed by atoms with E-state index in [9.17, 15) is 9.59 Å². The molecule has 1 atom stereocenters. The second kappa shape index (κ2) is 11.7. The molecule has 0 spiro atoms. The molecule has 0 aliphatic carbocycles. The van der Waals surface area contributed by atoms with Crippen molar-refractivity contribution < 1.29 is 14.3 Å². The van der Waals surface area contributed by atoms with Crippen molar-refractivity contribution in [3.8, 4) is 17.0 Å². The van der Waals surface area contributed by atoms with Gasteiger partial charge in [0, 0.05) is 27.9 Å². The van der Waals surface area contributed by atoms with Gasteiger partial charge in [-0.3, -0.25) is 9.59 Å². The molecule has 1 heterocycles. The Kier molecular flexibility index (Phi) is 8.70. The summed E-state index contributed by atoms with van der Waals surface area (Å²) in [5.41, 5.74) is 2.52. The maximum atomic E-state index is 12.9. The van der Waals surface area contributed by atoms with Crippen LogP contribution in [-0.4, -0.2) is 29.2 Å². The van der Waals surface area contributed by atoms with Crippen molar-refractivity contribution in [3.63, 3.8) is 0 Å². The highest BCUT2D eigenvalue weighted by atomic mass is 32.2. The Labute approximate surface area is 196 Å². The maximum absolute atomic E-state index is 12.9. The van der Waals surface area contributed by atoms with Gasteiger partial charge < -0.3 is 15.4 Å². The van der Waals surface area contributed by atoms with Crippen LogP contribution in [0.4, 0.5) is 10.8 Å². The van der Waals surface area contributed by atoms with E-state index in [1.807, 2.05) is 67.8 Å². The molecule has 32 heavy (non-hydrogen) atoms. The maximum Gasteiger partial charge on any atom is 0.239 e. The number of thiazole rings is 1. The van der Waals surface area contributed by atoms with Crippen LogP contribution in [0.5, 0.6) is 5.75 Å². The molecule has 0 saturated heterocycles. The summed E-state index contributed by atoms with van der Waals surface area (Å²) in [6, 6.07) is 15.2. The summed E-state index contributed by atoms with van der Waals surface area (Å²) in [7, 11) is 1.63. The van der Waals surface area contributed by atoms with Crippen LogP contribution in [0.1, 0.15) is 33.1 Å². The van der Waals surface area contributed by atoms with Gasteiger partial charge in [-0.25, -0.2) is 4.98 Å². The van der Waals surface area contributed by atoms with Crippen LogP contribution in [0.25, 0.3) is 11.3 Å². The number of anilines is 2. The summed E-state index contributed by atoms with van der Waals surface area (Å²) < 4.78 is 5.19. The third-order valence-electron chi connectivity index (χ3n) is 4.66. The second-order valence-corrected chi connectivity index (χ2v) is 9.23. The number of rotatable bonds is 10. The van der Waals surface area contributed by atoms with Crippen molar-refractivity contribution in [1.29, 1.82) is 0 Å². The highest BCUT2D eigenvalue weighted by molar-refractivity contribution is 8.00. The number of hydrogen-bond donors (Lipinski definition) is 2. The van der Waals surface area contributed by atoms with Crippen LogP contribution in [-0.2, 0) is 9.59 Å². The monoisotopic (exact) mass is 469 g/mol. The Morgan fingerprint density at radius 1 is 1.12 bits per heavy atom. The second-order valence-electron chi connectivity index (χ2n) is 7.10. The molecular formula is C24H27N3O3S2. The van der Waals surface area contributed by atoms with Crippen molar-refractivity contribution in [2.75, 3.05) is 17.7 Å². The SMILES string of the molecule is CCCC(=O)Nc1cccc(SC(CC)C(=O)Nc2nc(-c3ccc(OC)cc3)cs2)c1. The fourth-order valence-corrected chi connectivity index (χ4v) is 4.73. The summed E-state index contributed by atoms with van der Waals surface area (Å²) in [6.45, 7) is 3.95. The largest absolute Gasteiger partial charge is 0.497 e. The molecule has 0 aliphatic rings. The quantitative estimate of drug-likeness (QED) is 0.352. The first-order valence-electron chi connectivity index (χ1n) is 10.5. The normalized spacial score (nSPS) is 11.6. The Morgan fingerprint density at radius 3 is 2.59 bits per heavy atom. The molecule has 1 unspecified atom stereocenters. The average Bonchev–Trinajstić information content (AvgIpc) is 3.26. The van der Waals surface area contributed by atoms with Gasteiger partial charge in [-0.05, 0) is 55.3 Å². The zero-order valence-electron chi connectivity index (χ0n) is 18.4. The summed E-state index contributed by atoms with van der Waals surface area (Å²) in [5, 5.41) is 8.06. The third-order valence-corrected chi connectivity index (χ3v) is 6.77. The fourth-order valence-electron chi connectivity index (χ4n) is 3.00. The number of ether oxygens (including phenoxy) is 1. The number of hydrogen-bond acceptors (Lipinski definition) is 6. The number of nitrogens with one attached hydrogen (secondary N) is 2. The molecule has 0 aliphatic heterocycles. The molecule has 2 amide bonds. The van der Waals surface area contributed by atoms with Gasteiger partial charge in [-0.2, -0.15) is 0 Å². The first-order valence-corrected chi connectivity index (χ1v) is 12.3. The van der Waals surface area contributed by atoms with Crippen LogP contribution in [0.2, 0.25) is 0 Å². The topological polar surface area (TPSA) is 80.3 Å². The van der Waals surface area contributed by atoms with Gasteiger partial charge in [0.05, 0.1) is 18.1 Å². The van der Waals surface area contributed by atoms with E-state index in [4.69, 9.17) is 4.74 Å². The predicted molar refractivity (Wildman–Crippen MR) is 133 cm³/mol. The predicted octanol–water partition coefficient (Wildman–Crippen LogP) is 6.07. The Morgan fingerprint density at radius 2 is 1.91 bits per heavy atom. The van der Waals surface area contributed by atoms with E-state index >= 15 is 0 Å². The van der Waals surface area contributed by atoms with Gasteiger partial charge in [-0.15, -0.1) is 23.1 Å². The van der Waals surface area contributed by atoms with Crippen molar-refractivity contribution in [2.24, 2.45) is 0 Å². The van der Waals surface area contributed by atoms with Crippen molar-refractivity contribution in [3.05, 3.63) is 53.9 Å². The number of thioether (sulfide) groups is 1. The van der Waals surface area contributed by atoms with E-state index in [1.54, 1.807) is 7.11 Å². The minimum absolute atomic E-state index is 0.00383. The first kappa shape index (κ1) is 23.8. The molecule has 2 N–H and O–H groups in total. The molecular weight excluding hydrogens is 442 g/mol. The van der Waals surface area contributed by atoms with Crippen LogP contribution in [0, 0.1) is 0 Å². The molecule has 168 valence electrons. The van der Waals surface area contributed by atoms with Gasteiger partial charge in [0.2, 0.25) is 11.8 Å². The number of aromatic nitrogens is 1. The van der Waals surface area contributed by atoms with E-state index in [0.29, 0.717) is 18.0 Å². The lowest BCUT2D eigenvalue weighted by molar-refractivity contribution is -0.116. The fraction of sp³-hybridized carbons (Fsp3) is 0.292. The minimum atomic E-state index is -0.273. The van der Waals surface area contributed by atoms with Gasteiger partial charge in [0.1, 0.15) is 5.75 Å². The molecule has 0 saturated carbocycles. The van der Waals surface area contributed by atoms with E-state index in [2.05, 4.69) is 15.6 Å². The van der Waals surface area contributed by atoms with E-state index in [1.165, 1.54) is 23.1 Å². The smallest absolute Gasteiger partial charge is 0.239 e. The van der Waals surface area contributed by atoms with Gasteiger partial charge in [0.15, 0.2) is 5.13 Å². The molecule has 3 rings (SSSR count). The van der Waals surface area contributed by atoms with Crippen molar-refractivity contribution in [1.82, 2.24) is 4.98 Å². The lowest BCUT2D eigenvalue weighted by Gasteiger charge is -2.14. The number of nitrogens with zero attached hydrogens (tertiary/aromatic N) is 1. The van der Waals surface area contributed by atoms with Gasteiger partial charge >= 0.3 is 0 Å². The minimum Gasteiger partial charge on any atom is -0.497 e. The van der Waals surface area contributed by atoms with Crippen LogP contribution >= 0.6 is 23.1 Å². The van der Waals surface area contributed by atoms with Crippen molar-refractivity contribution >= 4 is 45.7 Å². The molecule has 2 aromatic carbocycles. The third kappa shape index (κ3) is 6.58. The number of carbonyl (C=O) groups excluding carboxylic acids is 2. The molecule has 6 nitrogen and oxygen atoms in total. The van der Waals surface area contributed by atoms with Crippen LogP contribution in [0.3, 0.4) is 0 Å². The summed E-state index contributed by atoms with van der Waals surface area (Å²) in [6.07, 6.45) is 1.96. The number of amides is 2. The van der Waals surface area contributed by atoms with E-state index < -0.39 is 0 Å². The van der Waals surface area contributed by atoms with E-state index in [0.717, 1.165) is 34.0 Å². The zero-order chi connectivity index (χ0) is 22.9. The standard InChI is InChI=1S/C24H27N3O3S2/c1-4-7-22(28)25-17-8-6-9-19(14-17)32-21(5-2)23(29)27-24-26-20(15-31-24)16-10-12-18(30-3)13-11-16/h6,8-15,21H,4-5,7H2,1-3H3,(H,25,28)(H,26,27,29). The highest BCUT2D eigenvalue weighted by Gasteiger charge is 2.20. The van der Waals surface area contributed by atoms with Crippen LogP contribution in [0.15, 0.2) is 58.8 Å². The van der Waals surface area contributed by atoms with Gasteiger partial charge in [0.25, 0.3) is 0 Å². The average molecular weight is 470 g/mol. The summed E-state index contributed by atoms with van der Waals surface area (Å²) in [5.74, 6) is 0.693. The Balaban J connectivity index is 1.63. The Bertz CT molecular complexity index is 1050. The zero-order valence-corrected chi connectivity index (χ0v) is 20.0.